The molecule has 6 heteroatoms. The number of halogens is 1. The highest BCUT2D eigenvalue weighted by molar-refractivity contribution is 6.31. The molecule has 0 aliphatic carbocycles. The summed E-state index contributed by atoms with van der Waals surface area (Å²) in [7, 11) is 2.98. The van der Waals surface area contributed by atoms with E-state index in [4.69, 9.17) is 22.1 Å². The van der Waals surface area contributed by atoms with Crippen LogP contribution < -0.4 is 15.4 Å². The summed E-state index contributed by atoms with van der Waals surface area (Å²) in [6.07, 6.45) is 0. The van der Waals surface area contributed by atoms with Crippen molar-refractivity contribution in [1.82, 2.24) is 0 Å². The fraction of sp³-hybridized carbons (Fsp3) is 0.133. The number of phenolic OH excluding ortho intramolecular Hbond substituents is 1. The third-order valence-corrected chi connectivity index (χ3v) is 3.34. The molecule has 0 saturated heterocycles. The summed E-state index contributed by atoms with van der Waals surface area (Å²) in [5.74, 6) is -0.397. The summed E-state index contributed by atoms with van der Waals surface area (Å²) in [4.78, 5) is 13.8. The number of rotatable bonds is 3. The second kappa shape index (κ2) is 5.93. The average molecular weight is 307 g/mol. The number of para-hydroxylation sites is 1. The van der Waals surface area contributed by atoms with Gasteiger partial charge in [-0.2, -0.15) is 0 Å². The topological polar surface area (TPSA) is 75.8 Å². The van der Waals surface area contributed by atoms with Crippen LogP contribution in [0.2, 0.25) is 5.02 Å². The zero-order chi connectivity index (χ0) is 15.6. The molecular weight excluding hydrogens is 292 g/mol. The Morgan fingerprint density at radius 2 is 2.05 bits per heavy atom. The molecule has 0 aliphatic rings. The Labute approximate surface area is 127 Å². The highest BCUT2D eigenvalue weighted by Crippen LogP contribution is 2.32. The van der Waals surface area contributed by atoms with Crippen LogP contribution in [-0.2, 0) is 0 Å². The van der Waals surface area contributed by atoms with Crippen LogP contribution in [0.15, 0.2) is 36.4 Å². The van der Waals surface area contributed by atoms with E-state index in [-0.39, 0.29) is 17.1 Å². The fourth-order valence-corrected chi connectivity index (χ4v) is 2.12. The van der Waals surface area contributed by atoms with Crippen LogP contribution in [0.1, 0.15) is 10.4 Å². The van der Waals surface area contributed by atoms with Gasteiger partial charge in [0, 0.05) is 12.1 Å². The van der Waals surface area contributed by atoms with Crippen LogP contribution in [0.25, 0.3) is 0 Å². The van der Waals surface area contributed by atoms with Gasteiger partial charge in [-0.3, -0.25) is 4.79 Å². The molecule has 0 aliphatic heterocycles. The van der Waals surface area contributed by atoms with Crippen molar-refractivity contribution in [2.24, 2.45) is 0 Å². The molecule has 0 radical (unpaired) electrons. The van der Waals surface area contributed by atoms with Crippen molar-refractivity contribution in [2.75, 3.05) is 24.8 Å². The number of benzene rings is 2. The van der Waals surface area contributed by atoms with Crippen LogP contribution in [-0.4, -0.2) is 25.2 Å². The highest BCUT2D eigenvalue weighted by Gasteiger charge is 2.21. The van der Waals surface area contributed by atoms with Crippen molar-refractivity contribution in [3.8, 4) is 11.5 Å². The summed E-state index contributed by atoms with van der Waals surface area (Å²) >= 11 is 5.93. The number of nitrogens with zero attached hydrogens (tertiary/aromatic N) is 1. The number of hydrogen-bond acceptors (Lipinski definition) is 4. The minimum absolute atomic E-state index is 0.122. The molecule has 0 aromatic heterocycles. The lowest BCUT2D eigenvalue weighted by atomic mass is 10.1. The maximum atomic E-state index is 12.5. The third kappa shape index (κ3) is 2.87. The van der Waals surface area contributed by atoms with Gasteiger partial charge in [0.25, 0.3) is 5.91 Å². The lowest BCUT2D eigenvalue weighted by molar-refractivity contribution is 0.0990. The number of phenols is 1. The van der Waals surface area contributed by atoms with E-state index in [2.05, 4.69) is 0 Å². The molecule has 0 bridgehead atoms. The first-order valence-corrected chi connectivity index (χ1v) is 6.52. The summed E-state index contributed by atoms with van der Waals surface area (Å²) in [6, 6.07) is 9.55. The monoisotopic (exact) mass is 306 g/mol. The van der Waals surface area contributed by atoms with Crippen molar-refractivity contribution in [2.45, 2.75) is 0 Å². The molecule has 2 aromatic carbocycles. The van der Waals surface area contributed by atoms with E-state index in [1.807, 2.05) is 0 Å². The fourth-order valence-electron chi connectivity index (χ4n) is 1.96. The predicted octanol–water partition coefficient (Wildman–Crippen LogP) is 2.91. The Morgan fingerprint density at radius 1 is 1.33 bits per heavy atom. The zero-order valence-electron chi connectivity index (χ0n) is 11.6. The number of ether oxygens (including phenoxy) is 1. The Bertz CT molecular complexity index is 689. The summed E-state index contributed by atoms with van der Waals surface area (Å²) in [5.41, 5.74) is 6.86. The van der Waals surface area contributed by atoms with E-state index in [9.17, 15) is 9.90 Å². The van der Waals surface area contributed by atoms with Crippen LogP contribution in [0.4, 0.5) is 11.4 Å². The van der Waals surface area contributed by atoms with Gasteiger partial charge in [0.1, 0.15) is 0 Å². The van der Waals surface area contributed by atoms with Gasteiger partial charge >= 0.3 is 0 Å². The summed E-state index contributed by atoms with van der Waals surface area (Å²) < 4.78 is 5.00. The molecule has 0 heterocycles. The first-order chi connectivity index (χ1) is 9.95. The van der Waals surface area contributed by atoms with E-state index in [1.54, 1.807) is 37.4 Å². The van der Waals surface area contributed by atoms with Gasteiger partial charge in [-0.05, 0) is 30.3 Å². The van der Waals surface area contributed by atoms with Crippen molar-refractivity contribution in [3.63, 3.8) is 0 Å². The van der Waals surface area contributed by atoms with Gasteiger partial charge in [-0.1, -0.05) is 17.7 Å². The van der Waals surface area contributed by atoms with Crippen LogP contribution in [0, 0.1) is 0 Å². The van der Waals surface area contributed by atoms with Gasteiger partial charge in [0.05, 0.1) is 24.0 Å². The van der Waals surface area contributed by atoms with Gasteiger partial charge in [0.15, 0.2) is 11.5 Å². The van der Waals surface area contributed by atoms with Gasteiger partial charge in [-0.25, -0.2) is 0 Å². The summed E-state index contributed by atoms with van der Waals surface area (Å²) in [6.45, 7) is 0. The SMILES string of the molecule is COc1cccc(C(=O)N(C)c2cc(Cl)ccc2N)c1O. The molecule has 110 valence electrons. The number of carbonyl (C=O) groups is 1. The lowest BCUT2D eigenvalue weighted by Gasteiger charge is -2.20. The maximum absolute atomic E-state index is 12.5. The first-order valence-electron chi connectivity index (χ1n) is 6.14. The Kier molecular flexibility index (Phi) is 4.23. The zero-order valence-corrected chi connectivity index (χ0v) is 12.4. The molecule has 0 unspecified atom stereocenters. The Hall–Kier alpha value is -2.40. The molecule has 0 atom stereocenters. The number of nitrogen functional groups attached to an aromatic ring is 1. The molecule has 3 N–H and O–H groups in total. The smallest absolute Gasteiger partial charge is 0.261 e. The molecule has 0 spiro atoms. The quantitative estimate of drug-likeness (QED) is 0.855. The predicted molar refractivity (Wildman–Crippen MR) is 83.3 cm³/mol. The molecule has 1 amide bonds. The van der Waals surface area contributed by atoms with Gasteiger partial charge in [-0.15, -0.1) is 0 Å². The minimum Gasteiger partial charge on any atom is -0.504 e. The Morgan fingerprint density at radius 3 is 2.71 bits per heavy atom. The van der Waals surface area contributed by atoms with Crippen molar-refractivity contribution in [3.05, 3.63) is 47.0 Å². The van der Waals surface area contributed by atoms with Crippen LogP contribution in [0.5, 0.6) is 11.5 Å². The normalized spacial score (nSPS) is 10.2. The van der Waals surface area contributed by atoms with E-state index in [0.29, 0.717) is 16.4 Å². The van der Waals surface area contributed by atoms with Crippen LogP contribution >= 0.6 is 11.6 Å². The molecule has 2 rings (SSSR count). The van der Waals surface area contributed by atoms with E-state index < -0.39 is 5.91 Å². The summed E-state index contributed by atoms with van der Waals surface area (Å²) in [5, 5.41) is 10.5. The second-order valence-electron chi connectivity index (χ2n) is 4.42. The number of hydrogen-bond donors (Lipinski definition) is 2. The number of aromatic hydroxyl groups is 1. The third-order valence-electron chi connectivity index (χ3n) is 3.11. The number of nitrogens with two attached hydrogens (primary N) is 1. The van der Waals surface area contributed by atoms with E-state index in [0.717, 1.165) is 0 Å². The van der Waals surface area contributed by atoms with Crippen LogP contribution in [0.3, 0.4) is 0 Å². The standard InChI is InChI=1S/C15H15ClN2O3/c1-18(12-8-9(16)6-7-11(12)17)15(20)10-4-3-5-13(21-2)14(10)19/h3-8,19H,17H2,1-2H3. The number of methoxy groups -OCH3 is 1. The van der Waals surface area contributed by atoms with Gasteiger partial charge in [0.2, 0.25) is 0 Å². The van der Waals surface area contributed by atoms with E-state index in [1.165, 1.54) is 18.1 Å². The number of amides is 1. The maximum Gasteiger partial charge on any atom is 0.261 e. The Balaban J connectivity index is 2.42. The minimum atomic E-state index is -0.416. The lowest BCUT2D eigenvalue weighted by Crippen LogP contribution is -2.27. The molecule has 5 nitrogen and oxygen atoms in total. The second-order valence-corrected chi connectivity index (χ2v) is 4.86. The molecular formula is C15H15ClN2O3. The highest BCUT2D eigenvalue weighted by atomic mass is 35.5. The largest absolute Gasteiger partial charge is 0.504 e. The molecule has 0 saturated carbocycles. The molecule has 2 aromatic rings. The average Bonchev–Trinajstić information content (AvgIpc) is 2.48. The van der Waals surface area contributed by atoms with Crippen molar-refractivity contribution < 1.29 is 14.6 Å². The van der Waals surface area contributed by atoms with Crippen molar-refractivity contribution in [1.29, 1.82) is 0 Å². The van der Waals surface area contributed by atoms with Crippen molar-refractivity contribution >= 4 is 28.9 Å². The molecule has 0 fully saturated rings. The number of anilines is 2. The van der Waals surface area contributed by atoms with Gasteiger partial charge < -0.3 is 20.5 Å². The first kappa shape index (κ1) is 15.0. The number of carbonyl (C=O) groups excluding carboxylic acids is 1. The molecule has 21 heavy (non-hydrogen) atoms. The van der Waals surface area contributed by atoms with E-state index >= 15 is 0 Å².